The third-order valence-electron chi connectivity index (χ3n) is 3.09. The van der Waals surface area contributed by atoms with E-state index in [1.54, 1.807) is 40.4 Å². The van der Waals surface area contributed by atoms with Crippen molar-refractivity contribution in [2.24, 2.45) is 5.73 Å². The standard InChI is InChI=1S/C15H25NO5/c1-10(8-15(2,16)9-17)21-11-6-12(18-3)14(20-5)13(7-11)19-4/h6-7,10,17H,8-9,16H2,1-5H3. The number of aliphatic hydroxyl groups is 1. The predicted molar refractivity (Wildman–Crippen MR) is 80.5 cm³/mol. The molecular formula is C15H25NO5. The van der Waals surface area contributed by atoms with E-state index in [1.165, 1.54) is 0 Å². The monoisotopic (exact) mass is 299 g/mol. The Morgan fingerprint density at radius 2 is 1.67 bits per heavy atom. The van der Waals surface area contributed by atoms with Gasteiger partial charge in [0.15, 0.2) is 11.5 Å². The quantitative estimate of drug-likeness (QED) is 0.758. The van der Waals surface area contributed by atoms with Crippen LogP contribution in [0.25, 0.3) is 0 Å². The highest BCUT2D eigenvalue weighted by molar-refractivity contribution is 5.55. The molecule has 0 saturated heterocycles. The molecule has 0 saturated carbocycles. The molecule has 1 aromatic rings. The summed E-state index contributed by atoms with van der Waals surface area (Å²) in [6.07, 6.45) is 0.343. The number of aliphatic hydroxyl groups excluding tert-OH is 1. The molecular weight excluding hydrogens is 274 g/mol. The molecule has 6 heteroatoms. The van der Waals surface area contributed by atoms with Crippen molar-refractivity contribution in [1.82, 2.24) is 0 Å². The van der Waals surface area contributed by atoms with E-state index in [9.17, 15) is 5.11 Å². The van der Waals surface area contributed by atoms with Gasteiger partial charge in [-0.25, -0.2) is 0 Å². The molecule has 2 atom stereocenters. The van der Waals surface area contributed by atoms with Gasteiger partial charge in [0.1, 0.15) is 5.75 Å². The van der Waals surface area contributed by atoms with E-state index in [1.807, 2.05) is 6.92 Å². The molecule has 3 N–H and O–H groups in total. The van der Waals surface area contributed by atoms with Gasteiger partial charge in [0.25, 0.3) is 0 Å². The van der Waals surface area contributed by atoms with Crippen LogP contribution in [-0.2, 0) is 0 Å². The lowest BCUT2D eigenvalue weighted by Crippen LogP contribution is -2.43. The molecule has 6 nitrogen and oxygen atoms in total. The topological polar surface area (TPSA) is 83.2 Å². The molecule has 1 aromatic carbocycles. The minimum absolute atomic E-state index is 0.101. The highest BCUT2D eigenvalue weighted by Gasteiger charge is 2.22. The third-order valence-corrected chi connectivity index (χ3v) is 3.09. The maximum absolute atomic E-state index is 9.20. The van der Waals surface area contributed by atoms with Gasteiger partial charge in [-0.05, 0) is 13.8 Å². The molecule has 21 heavy (non-hydrogen) atoms. The van der Waals surface area contributed by atoms with E-state index in [-0.39, 0.29) is 12.7 Å². The van der Waals surface area contributed by atoms with Crippen LogP contribution in [0.1, 0.15) is 20.3 Å². The Balaban J connectivity index is 2.93. The first kappa shape index (κ1) is 17.4. The third kappa shape index (κ3) is 4.68. The van der Waals surface area contributed by atoms with E-state index in [0.29, 0.717) is 29.4 Å². The lowest BCUT2D eigenvalue weighted by atomic mass is 9.97. The van der Waals surface area contributed by atoms with Crippen molar-refractivity contribution in [3.63, 3.8) is 0 Å². The second kappa shape index (κ2) is 7.38. The van der Waals surface area contributed by atoms with Crippen LogP contribution in [0.5, 0.6) is 23.0 Å². The lowest BCUT2D eigenvalue weighted by Gasteiger charge is -2.26. The fourth-order valence-electron chi connectivity index (χ4n) is 2.12. The molecule has 0 spiro atoms. The van der Waals surface area contributed by atoms with Crippen LogP contribution in [0.15, 0.2) is 12.1 Å². The minimum atomic E-state index is -0.680. The minimum Gasteiger partial charge on any atom is -0.493 e. The first-order valence-corrected chi connectivity index (χ1v) is 6.73. The number of ether oxygens (including phenoxy) is 4. The molecule has 0 aliphatic heterocycles. The van der Waals surface area contributed by atoms with Crippen molar-refractivity contribution in [3.8, 4) is 23.0 Å². The summed E-state index contributed by atoms with van der Waals surface area (Å²) in [7, 11) is 4.64. The molecule has 0 aliphatic carbocycles. The lowest BCUT2D eigenvalue weighted by molar-refractivity contribution is 0.133. The van der Waals surface area contributed by atoms with Crippen molar-refractivity contribution >= 4 is 0 Å². The maximum atomic E-state index is 9.20. The highest BCUT2D eigenvalue weighted by Crippen LogP contribution is 2.41. The summed E-state index contributed by atoms with van der Waals surface area (Å²) in [4.78, 5) is 0. The van der Waals surface area contributed by atoms with Gasteiger partial charge < -0.3 is 29.8 Å². The number of benzene rings is 1. The first-order chi connectivity index (χ1) is 9.86. The molecule has 0 fully saturated rings. The molecule has 0 radical (unpaired) electrons. The van der Waals surface area contributed by atoms with Gasteiger partial charge in [-0.3, -0.25) is 0 Å². The smallest absolute Gasteiger partial charge is 0.203 e. The van der Waals surface area contributed by atoms with Gasteiger partial charge >= 0.3 is 0 Å². The molecule has 0 bridgehead atoms. The first-order valence-electron chi connectivity index (χ1n) is 6.73. The highest BCUT2D eigenvalue weighted by atomic mass is 16.5. The zero-order valence-electron chi connectivity index (χ0n) is 13.3. The number of hydrogen-bond acceptors (Lipinski definition) is 6. The summed E-state index contributed by atoms with van der Waals surface area (Å²) in [6, 6.07) is 3.45. The molecule has 0 heterocycles. The molecule has 1 rings (SSSR count). The van der Waals surface area contributed by atoms with E-state index in [4.69, 9.17) is 24.7 Å². The van der Waals surface area contributed by atoms with Crippen LogP contribution >= 0.6 is 0 Å². The average Bonchev–Trinajstić information content (AvgIpc) is 2.45. The summed E-state index contributed by atoms with van der Waals surface area (Å²) < 4.78 is 21.6. The van der Waals surface area contributed by atoms with E-state index in [2.05, 4.69) is 0 Å². The number of methoxy groups -OCH3 is 3. The summed E-state index contributed by atoms with van der Waals surface area (Å²) in [5.41, 5.74) is 5.25. The van der Waals surface area contributed by atoms with Crippen molar-refractivity contribution in [1.29, 1.82) is 0 Å². The Bertz CT molecular complexity index is 436. The molecule has 0 aliphatic rings. The largest absolute Gasteiger partial charge is 0.493 e. The average molecular weight is 299 g/mol. The molecule has 120 valence electrons. The van der Waals surface area contributed by atoms with E-state index in [0.717, 1.165) is 0 Å². The van der Waals surface area contributed by atoms with Gasteiger partial charge in [0, 0.05) is 24.1 Å². The molecule has 0 aromatic heterocycles. The van der Waals surface area contributed by atoms with Crippen LogP contribution in [0.3, 0.4) is 0 Å². The molecule has 2 unspecified atom stereocenters. The van der Waals surface area contributed by atoms with Gasteiger partial charge in [0.05, 0.1) is 34.0 Å². The Morgan fingerprint density at radius 1 is 1.14 bits per heavy atom. The van der Waals surface area contributed by atoms with Crippen LogP contribution in [-0.4, -0.2) is 44.7 Å². The fraction of sp³-hybridized carbons (Fsp3) is 0.600. The van der Waals surface area contributed by atoms with Gasteiger partial charge in [-0.15, -0.1) is 0 Å². The second-order valence-corrected chi connectivity index (χ2v) is 5.31. The Labute approximate surface area is 125 Å². The Hall–Kier alpha value is -1.66. The SMILES string of the molecule is COc1cc(OC(C)CC(C)(N)CO)cc(OC)c1OC. The zero-order chi connectivity index (χ0) is 16.0. The predicted octanol–water partition coefficient (Wildman–Crippen LogP) is 1.58. The van der Waals surface area contributed by atoms with Crippen molar-refractivity contribution in [3.05, 3.63) is 12.1 Å². The normalized spacial score (nSPS) is 15.0. The summed E-state index contributed by atoms with van der Waals surface area (Å²) in [6.45, 7) is 3.57. The van der Waals surface area contributed by atoms with E-state index >= 15 is 0 Å². The van der Waals surface area contributed by atoms with Crippen LogP contribution in [0.4, 0.5) is 0 Å². The number of rotatable bonds is 8. The van der Waals surface area contributed by atoms with Crippen molar-refractivity contribution in [2.75, 3.05) is 27.9 Å². The van der Waals surface area contributed by atoms with Crippen LogP contribution < -0.4 is 24.7 Å². The number of hydrogen-bond donors (Lipinski definition) is 2. The van der Waals surface area contributed by atoms with Crippen LogP contribution in [0, 0.1) is 0 Å². The summed E-state index contributed by atoms with van der Waals surface area (Å²) in [5, 5.41) is 9.20. The van der Waals surface area contributed by atoms with Crippen LogP contribution in [0.2, 0.25) is 0 Å². The van der Waals surface area contributed by atoms with Gasteiger partial charge in [0.2, 0.25) is 5.75 Å². The Morgan fingerprint density at radius 3 is 2.05 bits per heavy atom. The summed E-state index contributed by atoms with van der Waals surface area (Å²) in [5.74, 6) is 2.15. The van der Waals surface area contributed by atoms with Gasteiger partial charge in [-0.1, -0.05) is 0 Å². The van der Waals surface area contributed by atoms with Crippen molar-refractivity contribution < 1.29 is 24.1 Å². The summed E-state index contributed by atoms with van der Waals surface area (Å²) >= 11 is 0. The van der Waals surface area contributed by atoms with Crippen molar-refractivity contribution in [2.45, 2.75) is 31.9 Å². The second-order valence-electron chi connectivity index (χ2n) is 5.31. The maximum Gasteiger partial charge on any atom is 0.203 e. The molecule has 0 amide bonds. The van der Waals surface area contributed by atoms with E-state index < -0.39 is 5.54 Å². The number of nitrogens with two attached hydrogens (primary N) is 1. The fourth-order valence-corrected chi connectivity index (χ4v) is 2.12. The van der Waals surface area contributed by atoms with Gasteiger partial charge in [-0.2, -0.15) is 0 Å². The zero-order valence-corrected chi connectivity index (χ0v) is 13.3. The Kier molecular flexibility index (Phi) is 6.11.